The molecule has 3 rings (SSSR count). The highest BCUT2D eigenvalue weighted by atomic mass is 35.5. The summed E-state index contributed by atoms with van der Waals surface area (Å²) in [5.74, 6) is 0.817. The molecule has 27 heavy (non-hydrogen) atoms. The van der Waals surface area contributed by atoms with Crippen LogP contribution in [0.4, 0.5) is 5.69 Å². The maximum atomic E-state index is 6.22. The second-order valence-corrected chi connectivity index (χ2v) is 7.83. The lowest BCUT2D eigenvalue weighted by molar-refractivity contribution is 0.320. The van der Waals surface area contributed by atoms with Crippen LogP contribution in [0.2, 0.25) is 5.02 Å². The summed E-state index contributed by atoms with van der Waals surface area (Å²) in [5, 5.41) is 6.57. The van der Waals surface area contributed by atoms with Gasteiger partial charge in [-0.05, 0) is 64.6 Å². The van der Waals surface area contributed by atoms with Crippen molar-refractivity contribution in [1.29, 1.82) is 0 Å². The number of nitrogens with zero attached hydrogens (tertiary/aromatic N) is 3. The predicted molar refractivity (Wildman–Crippen MR) is 115 cm³/mol. The van der Waals surface area contributed by atoms with Gasteiger partial charge in [0.1, 0.15) is 5.75 Å². The molecule has 144 valence electrons. The summed E-state index contributed by atoms with van der Waals surface area (Å²) in [6.45, 7) is 1.84. The first-order valence-electron chi connectivity index (χ1n) is 9.00. The van der Waals surface area contributed by atoms with Crippen LogP contribution in [-0.4, -0.2) is 69.2 Å². The fraction of sp³-hybridized carbons (Fsp3) is 0.381. The second kappa shape index (κ2) is 8.30. The molecule has 1 heterocycles. The van der Waals surface area contributed by atoms with Gasteiger partial charge in [-0.2, -0.15) is 0 Å². The van der Waals surface area contributed by atoms with Gasteiger partial charge in [0.2, 0.25) is 0 Å². The van der Waals surface area contributed by atoms with Gasteiger partial charge in [-0.25, -0.2) is 4.98 Å². The Morgan fingerprint density at radius 1 is 0.963 bits per heavy atom. The Morgan fingerprint density at radius 3 is 2.30 bits per heavy atom. The molecule has 0 aliphatic rings. The molecule has 5 nitrogen and oxygen atoms in total. The molecule has 1 aromatic heterocycles. The molecule has 6 heteroatoms. The first-order chi connectivity index (χ1) is 12.9. The van der Waals surface area contributed by atoms with Crippen molar-refractivity contribution >= 4 is 39.1 Å². The van der Waals surface area contributed by atoms with E-state index in [1.54, 1.807) is 7.11 Å². The Kier molecular flexibility index (Phi) is 6.05. The summed E-state index contributed by atoms with van der Waals surface area (Å²) < 4.78 is 5.45. The number of hydrogen-bond donors (Lipinski definition) is 1. The number of rotatable bonds is 7. The number of benzene rings is 2. The summed E-state index contributed by atoms with van der Waals surface area (Å²) >= 11 is 6.22. The molecule has 0 saturated heterocycles. The van der Waals surface area contributed by atoms with Crippen LogP contribution in [0.15, 0.2) is 36.4 Å². The van der Waals surface area contributed by atoms with Crippen LogP contribution in [0.1, 0.15) is 0 Å². The van der Waals surface area contributed by atoms with Crippen LogP contribution in [0, 0.1) is 0 Å². The average molecular weight is 387 g/mol. The van der Waals surface area contributed by atoms with Gasteiger partial charge in [-0.15, -0.1) is 0 Å². The van der Waals surface area contributed by atoms with Crippen LogP contribution in [-0.2, 0) is 0 Å². The molecule has 2 aromatic carbocycles. The predicted octanol–water partition coefficient (Wildman–Crippen LogP) is 3.95. The van der Waals surface area contributed by atoms with Gasteiger partial charge in [0.25, 0.3) is 0 Å². The second-order valence-electron chi connectivity index (χ2n) is 7.40. The zero-order valence-electron chi connectivity index (χ0n) is 16.6. The van der Waals surface area contributed by atoms with E-state index in [2.05, 4.69) is 43.3 Å². The zero-order valence-corrected chi connectivity index (χ0v) is 17.3. The largest absolute Gasteiger partial charge is 0.497 e. The van der Waals surface area contributed by atoms with Crippen molar-refractivity contribution in [1.82, 2.24) is 14.8 Å². The van der Waals surface area contributed by atoms with Crippen molar-refractivity contribution in [3.05, 3.63) is 41.4 Å². The van der Waals surface area contributed by atoms with Gasteiger partial charge < -0.3 is 19.9 Å². The number of pyridine rings is 1. The molecule has 0 saturated carbocycles. The Bertz CT molecular complexity index is 932. The van der Waals surface area contributed by atoms with E-state index in [-0.39, 0.29) is 6.04 Å². The zero-order chi connectivity index (χ0) is 19.6. The van der Waals surface area contributed by atoms with Gasteiger partial charge in [0.15, 0.2) is 0 Å². The normalized spacial score (nSPS) is 11.9. The van der Waals surface area contributed by atoms with Crippen LogP contribution < -0.4 is 10.1 Å². The third kappa shape index (κ3) is 4.61. The Morgan fingerprint density at radius 2 is 1.67 bits per heavy atom. The van der Waals surface area contributed by atoms with E-state index in [0.29, 0.717) is 5.02 Å². The van der Waals surface area contributed by atoms with E-state index in [4.69, 9.17) is 21.3 Å². The average Bonchev–Trinajstić information content (AvgIpc) is 2.59. The molecule has 0 spiro atoms. The Labute approximate surface area is 165 Å². The standard InChI is InChI=1S/C21H27ClN4O/c1-25(2)12-15(13-26(3)4)23-21-17-8-6-14(22)10-20(17)24-19-9-7-16(27-5)11-18(19)21/h6-11,15H,12-13H2,1-5H3,(H,23,24). The fourth-order valence-electron chi connectivity index (χ4n) is 3.41. The lowest BCUT2D eigenvalue weighted by atomic mass is 10.1. The molecule has 0 amide bonds. The highest BCUT2D eigenvalue weighted by Gasteiger charge is 2.16. The van der Waals surface area contributed by atoms with Crippen molar-refractivity contribution in [2.75, 3.05) is 53.7 Å². The number of ether oxygens (including phenoxy) is 1. The Hall–Kier alpha value is -2.08. The van der Waals surface area contributed by atoms with Crippen LogP contribution in [0.5, 0.6) is 5.75 Å². The third-order valence-electron chi connectivity index (χ3n) is 4.46. The first-order valence-corrected chi connectivity index (χ1v) is 9.38. The summed E-state index contributed by atoms with van der Waals surface area (Å²) in [6, 6.07) is 12.1. The number of anilines is 1. The van der Waals surface area contributed by atoms with Crippen LogP contribution >= 0.6 is 11.6 Å². The number of nitrogens with one attached hydrogen (secondary N) is 1. The smallest absolute Gasteiger partial charge is 0.119 e. The molecule has 0 atom stereocenters. The van der Waals surface area contributed by atoms with E-state index in [1.165, 1.54) is 0 Å². The topological polar surface area (TPSA) is 40.6 Å². The molecular weight excluding hydrogens is 360 g/mol. The molecule has 0 aliphatic carbocycles. The highest BCUT2D eigenvalue weighted by molar-refractivity contribution is 6.31. The lowest BCUT2D eigenvalue weighted by Crippen LogP contribution is -2.40. The quantitative estimate of drug-likeness (QED) is 0.622. The maximum Gasteiger partial charge on any atom is 0.119 e. The molecule has 1 N–H and O–H groups in total. The van der Waals surface area contributed by atoms with Crippen molar-refractivity contribution < 1.29 is 4.74 Å². The summed E-state index contributed by atoms with van der Waals surface area (Å²) in [7, 11) is 10.1. The van der Waals surface area contributed by atoms with Crippen molar-refractivity contribution in [3.8, 4) is 5.75 Å². The van der Waals surface area contributed by atoms with Gasteiger partial charge in [0.05, 0.1) is 29.9 Å². The first kappa shape index (κ1) is 19.7. The van der Waals surface area contributed by atoms with Gasteiger partial charge in [-0.3, -0.25) is 0 Å². The number of hydrogen-bond acceptors (Lipinski definition) is 5. The van der Waals surface area contributed by atoms with E-state index < -0.39 is 0 Å². The highest BCUT2D eigenvalue weighted by Crippen LogP contribution is 2.34. The van der Waals surface area contributed by atoms with Gasteiger partial charge in [0, 0.05) is 28.9 Å². The molecular formula is C21H27ClN4O. The minimum absolute atomic E-state index is 0.255. The minimum atomic E-state index is 0.255. The number of methoxy groups -OCH3 is 1. The van der Waals surface area contributed by atoms with Gasteiger partial charge >= 0.3 is 0 Å². The molecule has 0 fully saturated rings. The fourth-order valence-corrected chi connectivity index (χ4v) is 3.58. The summed E-state index contributed by atoms with van der Waals surface area (Å²) in [4.78, 5) is 9.20. The SMILES string of the molecule is COc1ccc2nc3cc(Cl)ccc3c(NC(CN(C)C)CN(C)C)c2c1. The van der Waals surface area contributed by atoms with Crippen molar-refractivity contribution in [2.45, 2.75) is 6.04 Å². The van der Waals surface area contributed by atoms with Crippen LogP contribution in [0.25, 0.3) is 21.8 Å². The van der Waals surface area contributed by atoms with E-state index in [0.717, 1.165) is 46.3 Å². The summed E-state index contributed by atoms with van der Waals surface area (Å²) in [5.41, 5.74) is 2.87. The lowest BCUT2D eigenvalue weighted by Gasteiger charge is -2.27. The van der Waals surface area contributed by atoms with Crippen molar-refractivity contribution in [2.24, 2.45) is 0 Å². The van der Waals surface area contributed by atoms with E-state index in [9.17, 15) is 0 Å². The minimum Gasteiger partial charge on any atom is -0.497 e. The Balaban J connectivity index is 2.18. The molecule has 3 aromatic rings. The van der Waals surface area contributed by atoms with E-state index in [1.807, 2.05) is 36.4 Å². The summed E-state index contributed by atoms with van der Waals surface area (Å²) in [6.07, 6.45) is 0. The number of fused-ring (bicyclic) bond motifs is 2. The number of likely N-dealkylation sites (N-methyl/N-ethyl adjacent to an activating group) is 2. The number of halogens is 1. The van der Waals surface area contributed by atoms with Gasteiger partial charge in [-0.1, -0.05) is 11.6 Å². The molecule has 0 unspecified atom stereocenters. The maximum absolute atomic E-state index is 6.22. The molecule has 0 bridgehead atoms. The molecule has 0 radical (unpaired) electrons. The number of aromatic nitrogens is 1. The van der Waals surface area contributed by atoms with Crippen molar-refractivity contribution in [3.63, 3.8) is 0 Å². The van der Waals surface area contributed by atoms with E-state index >= 15 is 0 Å². The third-order valence-corrected chi connectivity index (χ3v) is 4.70. The van der Waals surface area contributed by atoms with Crippen LogP contribution in [0.3, 0.4) is 0 Å². The molecule has 0 aliphatic heterocycles. The monoisotopic (exact) mass is 386 g/mol.